The third-order valence-electron chi connectivity index (χ3n) is 5.69. The molecule has 2 atom stereocenters. The van der Waals surface area contributed by atoms with E-state index in [-0.39, 0.29) is 0 Å². The minimum atomic E-state index is 0.693. The summed E-state index contributed by atoms with van der Waals surface area (Å²) in [5.74, 6) is 1.56. The van der Waals surface area contributed by atoms with Gasteiger partial charge in [0.05, 0.1) is 0 Å². The minimum Gasteiger partial charge on any atom is -0.402 e. The quantitative estimate of drug-likeness (QED) is 0.760. The molecule has 1 saturated heterocycles. The second kappa shape index (κ2) is 8.68. The van der Waals surface area contributed by atoms with Gasteiger partial charge >= 0.3 is 0 Å². The fraction of sp³-hybridized carbons (Fsp3) is 0.545. The van der Waals surface area contributed by atoms with Crippen LogP contribution in [0.1, 0.15) is 38.2 Å². The molecule has 136 valence electrons. The second-order valence-electron chi connectivity index (χ2n) is 7.85. The molecule has 3 heteroatoms. The Morgan fingerprint density at radius 3 is 2.68 bits per heavy atom. The SMILES string of the molecule is C=C(N)CCN1CCC(CNC2CC2/C(C)=C/c2ccccc2)CC1. The van der Waals surface area contributed by atoms with Gasteiger partial charge in [0.15, 0.2) is 0 Å². The summed E-state index contributed by atoms with van der Waals surface area (Å²) in [5, 5.41) is 3.81. The molecule has 1 heterocycles. The highest BCUT2D eigenvalue weighted by atomic mass is 15.1. The first-order chi connectivity index (χ1) is 12.1. The van der Waals surface area contributed by atoms with Crippen molar-refractivity contribution in [2.75, 3.05) is 26.2 Å². The lowest BCUT2D eigenvalue weighted by Crippen LogP contribution is -2.38. The Morgan fingerprint density at radius 1 is 1.28 bits per heavy atom. The van der Waals surface area contributed by atoms with E-state index in [2.05, 4.69) is 60.1 Å². The molecular formula is C22H33N3. The molecule has 2 fully saturated rings. The van der Waals surface area contributed by atoms with Crippen LogP contribution in [-0.2, 0) is 0 Å². The average molecular weight is 340 g/mol. The van der Waals surface area contributed by atoms with Gasteiger partial charge in [-0.3, -0.25) is 0 Å². The molecule has 0 aromatic heterocycles. The highest BCUT2D eigenvalue weighted by molar-refractivity contribution is 5.53. The normalized spacial score (nSPS) is 25.1. The predicted molar refractivity (Wildman–Crippen MR) is 107 cm³/mol. The Bertz CT molecular complexity index is 585. The maximum atomic E-state index is 5.68. The first kappa shape index (κ1) is 18.2. The smallest absolute Gasteiger partial charge is 0.0139 e. The summed E-state index contributed by atoms with van der Waals surface area (Å²) in [6, 6.07) is 11.4. The second-order valence-corrected chi connectivity index (χ2v) is 7.85. The van der Waals surface area contributed by atoms with Crippen LogP contribution in [0, 0.1) is 11.8 Å². The van der Waals surface area contributed by atoms with Crippen molar-refractivity contribution in [2.24, 2.45) is 17.6 Å². The fourth-order valence-corrected chi connectivity index (χ4v) is 3.88. The van der Waals surface area contributed by atoms with Crippen molar-refractivity contribution < 1.29 is 0 Å². The monoisotopic (exact) mass is 339 g/mol. The number of hydrogen-bond donors (Lipinski definition) is 2. The van der Waals surface area contributed by atoms with Gasteiger partial charge in [0, 0.05) is 18.3 Å². The van der Waals surface area contributed by atoms with E-state index in [1.807, 2.05) is 0 Å². The Kier molecular flexibility index (Phi) is 6.33. The molecule has 2 aliphatic rings. The molecule has 3 N–H and O–H groups in total. The number of benzene rings is 1. The Labute approximate surface area is 153 Å². The summed E-state index contributed by atoms with van der Waals surface area (Å²) in [5.41, 5.74) is 9.32. The average Bonchev–Trinajstić information content (AvgIpc) is 3.40. The zero-order valence-corrected chi connectivity index (χ0v) is 15.6. The lowest BCUT2D eigenvalue weighted by molar-refractivity contribution is 0.183. The van der Waals surface area contributed by atoms with Crippen molar-refractivity contribution in [3.05, 3.63) is 53.7 Å². The van der Waals surface area contributed by atoms with E-state index in [1.165, 1.54) is 50.0 Å². The Morgan fingerprint density at radius 2 is 2.00 bits per heavy atom. The zero-order valence-electron chi connectivity index (χ0n) is 15.6. The Hall–Kier alpha value is -1.58. The summed E-state index contributed by atoms with van der Waals surface area (Å²) < 4.78 is 0. The first-order valence-electron chi connectivity index (χ1n) is 9.74. The molecule has 3 rings (SSSR count). The van der Waals surface area contributed by atoms with E-state index in [0.29, 0.717) is 6.04 Å². The van der Waals surface area contributed by atoms with E-state index in [1.54, 1.807) is 0 Å². The fourth-order valence-electron chi connectivity index (χ4n) is 3.88. The van der Waals surface area contributed by atoms with Gasteiger partial charge in [0.2, 0.25) is 0 Å². The first-order valence-corrected chi connectivity index (χ1v) is 9.74. The van der Waals surface area contributed by atoms with Crippen molar-refractivity contribution in [1.82, 2.24) is 10.2 Å². The van der Waals surface area contributed by atoms with E-state index < -0.39 is 0 Å². The van der Waals surface area contributed by atoms with Crippen molar-refractivity contribution in [2.45, 2.75) is 38.6 Å². The molecule has 1 aliphatic carbocycles. The molecule has 2 unspecified atom stereocenters. The molecule has 1 aliphatic heterocycles. The van der Waals surface area contributed by atoms with Crippen LogP contribution in [-0.4, -0.2) is 37.1 Å². The van der Waals surface area contributed by atoms with Gasteiger partial charge in [-0.15, -0.1) is 0 Å². The Balaban J connectivity index is 1.34. The van der Waals surface area contributed by atoms with Crippen molar-refractivity contribution in [3.63, 3.8) is 0 Å². The summed E-state index contributed by atoms with van der Waals surface area (Å²) in [7, 11) is 0. The van der Waals surface area contributed by atoms with Crippen LogP contribution in [0.3, 0.4) is 0 Å². The van der Waals surface area contributed by atoms with Crippen LogP contribution < -0.4 is 11.1 Å². The summed E-state index contributed by atoms with van der Waals surface area (Å²) >= 11 is 0. The van der Waals surface area contributed by atoms with E-state index in [0.717, 1.165) is 30.5 Å². The number of rotatable bonds is 8. The maximum Gasteiger partial charge on any atom is 0.0139 e. The number of nitrogens with zero attached hydrogens (tertiary/aromatic N) is 1. The van der Waals surface area contributed by atoms with Gasteiger partial charge in [-0.1, -0.05) is 48.6 Å². The minimum absolute atomic E-state index is 0.693. The molecule has 0 radical (unpaired) electrons. The van der Waals surface area contributed by atoms with Crippen molar-refractivity contribution in [3.8, 4) is 0 Å². The molecular weight excluding hydrogens is 306 g/mol. The topological polar surface area (TPSA) is 41.3 Å². The molecule has 1 saturated carbocycles. The van der Waals surface area contributed by atoms with E-state index in [9.17, 15) is 0 Å². The number of hydrogen-bond acceptors (Lipinski definition) is 3. The molecule has 3 nitrogen and oxygen atoms in total. The highest BCUT2D eigenvalue weighted by Crippen LogP contribution is 2.38. The third kappa shape index (κ3) is 5.72. The number of nitrogens with two attached hydrogens (primary N) is 1. The van der Waals surface area contributed by atoms with Crippen molar-refractivity contribution >= 4 is 6.08 Å². The maximum absolute atomic E-state index is 5.68. The third-order valence-corrected chi connectivity index (χ3v) is 5.69. The molecule has 1 aromatic carbocycles. The predicted octanol–water partition coefficient (Wildman–Crippen LogP) is 3.64. The van der Waals surface area contributed by atoms with Gasteiger partial charge in [0.1, 0.15) is 0 Å². The van der Waals surface area contributed by atoms with Gasteiger partial charge in [0.25, 0.3) is 0 Å². The molecule has 1 aromatic rings. The van der Waals surface area contributed by atoms with Crippen LogP contribution in [0.25, 0.3) is 6.08 Å². The summed E-state index contributed by atoms with van der Waals surface area (Å²) in [6.07, 6.45) is 7.18. The van der Waals surface area contributed by atoms with Crippen LogP contribution >= 0.6 is 0 Å². The largest absolute Gasteiger partial charge is 0.402 e. The number of piperidine rings is 1. The number of likely N-dealkylation sites (tertiary alicyclic amines) is 1. The lowest BCUT2D eigenvalue weighted by Gasteiger charge is -2.32. The van der Waals surface area contributed by atoms with Gasteiger partial charge in [-0.25, -0.2) is 0 Å². The van der Waals surface area contributed by atoms with Gasteiger partial charge < -0.3 is 16.0 Å². The van der Waals surface area contributed by atoms with Gasteiger partial charge in [-0.2, -0.15) is 0 Å². The van der Waals surface area contributed by atoms with Crippen molar-refractivity contribution in [1.29, 1.82) is 0 Å². The van der Waals surface area contributed by atoms with Crippen LogP contribution in [0.5, 0.6) is 0 Å². The van der Waals surface area contributed by atoms with E-state index >= 15 is 0 Å². The summed E-state index contributed by atoms with van der Waals surface area (Å²) in [4.78, 5) is 2.53. The highest BCUT2D eigenvalue weighted by Gasteiger charge is 2.38. The van der Waals surface area contributed by atoms with Gasteiger partial charge in [-0.05, 0) is 69.6 Å². The zero-order chi connectivity index (χ0) is 17.6. The molecule has 0 bridgehead atoms. The molecule has 0 spiro atoms. The van der Waals surface area contributed by atoms with Crippen LogP contribution in [0.15, 0.2) is 48.2 Å². The van der Waals surface area contributed by atoms with Crippen LogP contribution in [0.4, 0.5) is 0 Å². The standard InChI is InChI=1S/C22H33N3/c1-17(14-19-6-4-3-5-7-19)21-15-22(21)24-16-20-9-12-25(13-10-20)11-8-18(2)23/h3-7,14,20-22,24H,2,8-13,15-16,23H2,1H3/b17-14+. The summed E-state index contributed by atoms with van der Waals surface area (Å²) in [6.45, 7) is 10.7. The lowest BCUT2D eigenvalue weighted by atomic mass is 9.96. The molecule has 0 amide bonds. The molecule has 25 heavy (non-hydrogen) atoms. The van der Waals surface area contributed by atoms with Crippen LogP contribution in [0.2, 0.25) is 0 Å². The van der Waals surface area contributed by atoms with E-state index in [4.69, 9.17) is 5.73 Å². The number of nitrogens with one attached hydrogen (secondary N) is 1.